The van der Waals surface area contributed by atoms with Crippen molar-refractivity contribution >= 4 is 15.9 Å². The zero-order chi connectivity index (χ0) is 20.2. The van der Waals surface area contributed by atoms with Crippen molar-refractivity contribution in [2.45, 2.75) is 31.2 Å². The molecule has 0 aliphatic carbocycles. The van der Waals surface area contributed by atoms with Crippen LogP contribution in [-0.2, 0) is 14.8 Å². The molecule has 1 aromatic carbocycles. The van der Waals surface area contributed by atoms with Crippen LogP contribution in [0.5, 0.6) is 11.5 Å². The van der Waals surface area contributed by atoms with E-state index in [4.69, 9.17) is 15.2 Å². The van der Waals surface area contributed by atoms with Crippen molar-refractivity contribution in [2.24, 2.45) is 11.7 Å². The number of carbonyl (C=O) groups is 1. The van der Waals surface area contributed by atoms with Gasteiger partial charge in [-0.2, -0.15) is 4.31 Å². The molecule has 1 aliphatic rings. The number of nitrogens with zero attached hydrogens (tertiary/aromatic N) is 2. The van der Waals surface area contributed by atoms with Crippen LogP contribution in [0.1, 0.15) is 20.3 Å². The lowest BCUT2D eigenvalue weighted by atomic mass is 9.99. The highest BCUT2D eigenvalue weighted by Crippen LogP contribution is 2.31. The van der Waals surface area contributed by atoms with E-state index in [0.717, 1.165) is 6.42 Å². The van der Waals surface area contributed by atoms with Crippen molar-refractivity contribution in [3.63, 3.8) is 0 Å². The van der Waals surface area contributed by atoms with Crippen molar-refractivity contribution in [3.8, 4) is 11.5 Å². The Hall–Kier alpha value is -1.84. The third kappa shape index (κ3) is 4.53. The monoisotopic (exact) mass is 399 g/mol. The van der Waals surface area contributed by atoms with E-state index in [0.29, 0.717) is 18.8 Å². The standard InChI is InChI=1S/C18H29N3O5S/c1-5-13(2)17(19)18(22)20-8-10-21(11-9-20)27(23,24)16-12-14(25-3)6-7-15(16)26-4/h6-7,12-13,17H,5,8-11,19H2,1-4H3. The molecule has 9 heteroatoms. The van der Waals surface area contributed by atoms with Crippen molar-refractivity contribution in [1.82, 2.24) is 9.21 Å². The molecule has 1 aliphatic heterocycles. The Morgan fingerprint density at radius 3 is 2.33 bits per heavy atom. The molecule has 0 bridgehead atoms. The van der Waals surface area contributed by atoms with Gasteiger partial charge in [0.05, 0.1) is 20.3 Å². The maximum Gasteiger partial charge on any atom is 0.247 e. The second-order valence-corrected chi connectivity index (χ2v) is 8.56. The number of methoxy groups -OCH3 is 2. The van der Waals surface area contributed by atoms with E-state index in [-0.39, 0.29) is 35.6 Å². The number of carbonyl (C=O) groups excluding carboxylic acids is 1. The van der Waals surface area contributed by atoms with Gasteiger partial charge >= 0.3 is 0 Å². The molecule has 0 spiro atoms. The maximum absolute atomic E-state index is 13.1. The molecule has 27 heavy (non-hydrogen) atoms. The molecular weight excluding hydrogens is 370 g/mol. The van der Waals surface area contributed by atoms with Gasteiger partial charge in [0.1, 0.15) is 16.4 Å². The number of nitrogens with two attached hydrogens (primary N) is 1. The van der Waals surface area contributed by atoms with Crippen molar-refractivity contribution < 1.29 is 22.7 Å². The molecule has 0 saturated carbocycles. The molecule has 2 unspecified atom stereocenters. The molecule has 0 aromatic heterocycles. The molecule has 1 amide bonds. The zero-order valence-corrected chi connectivity index (χ0v) is 17.2. The summed E-state index contributed by atoms with van der Waals surface area (Å²) in [4.78, 5) is 14.2. The minimum atomic E-state index is -3.77. The Balaban J connectivity index is 2.14. The predicted molar refractivity (Wildman–Crippen MR) is 102 cm³/mol. The van der Waals surface area contributed by atoms with Gasteiger partial charge in [-0.1, -0.05) is 20.3 Å². The lowest BCUT2D eigenvalue weighted by Crippen LogP contribution is -2.55. The lowest BCUT2D eigenvalue weighted by Gasteiger charge is -2.36. The number of hydrogen-bond donors (Lipinski definition) is 1. The van der Waals surface area contributed by atoms with E-state index in [9.17, 15) is 13.2 Å². The van der Waals surface area contributed by atoms with E-state index in [1.54, 1.807) is 17.0 Å². The number of rotatable bonds is 7. The van der Waals surface area contributed by atoms with Gasteiger partial charge in [-0.3, -0.25) is 4.79 Å². The third-order valence-electron chi connectivity index (χ3n) is 5.08. The Bertz CT molecular complexity index is 760. The van der Waals surface area contributed by atoms with E-state index in [2.05, 4.69) is 0 Å². The second kappa shape index (κ2) is 8.90. The van der Waals surface area contributed by atoms with Crippen LogP contribution in [0, 0.1) is 5.92 Å². The van der Waals surface area contributed by atoms with E-state index in [1.807, 2.05) is 13.8 Å². The Morgan fingerprint density at radius 2 is 1.81 bits per heavy atom. The molecule has 1 aromatic rings. The largest absolute Gasteiger partial charge is 0.497 e. The van der Waals surface area contributed by atoms with Crippen LogP contribution in [-0.4, -0.2) is 70.0 Å². The Labute approximate surface area is 161 Å². The SMILES string of the molecule is CCC(C)C(N)C(=O)N1CCN(S(=O)(=O)c2cc(OC)ccc2OC)CC1. The summed E-state index contributed by atoms with van der Waals surface area (Å²) in [6.07, 6.45) is 0.816. The lowest BCUT2D eigenvalue weighted by molar-refractivity contribution is -0.134. The molecular formula is C18H29N3O5S. The maximum atomic E-state index is 13.1. The minimum Gasteiger partial charge on any atom is -0.497 e. The third-order valence-corrected chi connectivity index (χ3v) is 7.00. The summed E-state index contributed by atoms with van der Waals surface area (Å²) < 4.78 is 37.8. The van der Waals surface area contributed by atoms with Crippen LogP contribution in [0.2, 0.25) is 0 Å². The van der Waals surface area contributed by atoms with Crippen LogP contribution in [0.4, 0.5) is 0 Å². The summed E-state index contributed by atoms with van der Waals surface area (Å²) in [6.45, 7) is 4.98. The fraction of sp³-hybridized carbons (Fsp3) is 0.611. The zero-order valence-electron chi connectivity index (χ0n) is 16.3. The number of piperazine rings is 1. The first-order chi connectivity index (χ1) is 12.8. The Morgan fingerprint density at radius 1 is 1.19 bits per heavy atom. The van der Waals surface area contributed by atoms with Gasteiger partial charge < -0.3 is 20.1 Å². The molecule has 152 valence electrons. The average Bonchev–Trinajstić information content (AvgIpc) is 2.71. The van der Waals surface area contributed by atoms with Crippen LogP contribution in [0.3, 0.4) is 0 Å². The fourth-order valence-electron chi connectivity index (χ4n) is 2.98. The van der Waals surface area contributed by atoms with Gasteiger partial charge in [0.25, 0.3) is 0 Å². The summed E-state index contributed by atoms with van der Waals surface area (Å²) in [6, 6.07) is 4.10. The number of hydrogen-bond acceptors (Lipinski definition) is 6. The van der Waals surface area contributed by atoms with Gasteiger partial charge in [-0.05, 0) is 18.1 Å². The van der Waals surface area contributed by atoms with E-state index < -0.39 is 16.1 Å². The summed E-state index contributed by atoms with van der Waals surface area (Å²) in [5, 5.41) is 0. The van der Waals surface area contributed by atoms with Crippen molar-refractivity contribution in [2.75, 3.05) is 40.4 Å². The van der Waals surface area contributed by atoms with Gasteiger partial charge in [-0.25, -0.2) is 8.42 Å². The van der Waals surface area contributed by atoms with Gasteiger partial charge in [-0.15, -0.1) is 0 Å². The summed E-state index contributed by atoms with van der Waals surface area (Å²) in [7, 11) is -0.869. The van der Waals surface area contributed by atoms with Gasteiger partial charge in [0.2, 0.25) is 15.9 Å². The van der Waals surface area contributed by atoms with Crippen LogP contribution in [0.25, 0.3) is 0 Å². The quantitative estimate of drug-likeness (QED) is 0.731. The fourth-order valence-corrected chi connectivity index (χ4v) is 4.57. The molecule has 0 radical (unpaired) electrons. The topological polar surface area (TPSA) is 102 Å². The highest BCUT2D eigenvalue weighted by Gasteiger charge is 2.34. The van der Waals surface area contributed by atoms with Crippen molar-refractivity contribution in [1.29, 1.82) is 0 Å². The smallest absolute Gasteiger partial charge is 0.247 e. The normalized spacial score (nSPS) is 18.0. The number of amides is 1. The predicted octanol–water partition coefficient (Wildman–Crippen LogP) is 0.910. The molecule has 2 atom stereocenters. The highest BCUT2D eigenvalue weighted by atomic mass is 32.2. The molecule has 2 N–H and O–H groups in total. The van der Waals surface area contributed by atoms with E-state index in [1.165, 1.54) is 24.6 Å². The van der Waals surface area contributed by atoms with Crippen LogP contribution in [0.15, 0.2) is 23.1 Å². The first-order valence-electron chi connectivity index (χ1n) is 9.02. The molecule has 8 nitrogen and oxygen atoms in total. The van der Waals surface area contributed by atoms with Crippen LogP contribution < -0.4 is 15.2 Å². The molecule has 1 heterocycles. The number of benzene rings is 1. The van der Waals surface area contributed by atoms with E-state index >= 15 is 0 Å². The highest BCUT2D eigenvalue weighted by molar-refractivity contribution is 7.89. The number of sulfonamides is 1. The molecule has 1 fully saturated rings. The van der Waals surface area contributed by atoms with Gasteiger partial charge in [0.15, 0.2) is 0 Å². The summed E-state index contributed by atoms with van der Waals surface area (Å²) >= 11 is 0. The first kappa shape index (κ1) is 21.5. The van der Waals surface area contributed by atoms with Crippen molar-refractivity contribution in [3.05, 3.63) is 18.2 Å². The Kier molecular flexibility index (Phi) is 7.07. The summed E-state index contributed by atoms with van der Waals surface area (Å²) in [5.41, 5.74) is 6.03. The first-order valence-corrected chi connectivity index (χ1v) is 10.5. The second-order valence-electron chi connectivity index (χ2n) is 6.66. The van der Waals surface area contributed by atoms with Gasteiger partial charge in [0, 0.05) is 32.2 Å². The van der Waals surface area contributed by atoms with Crippen LogP contribution >= 0.6 is 0 Å². The average molecular weight is 400 g/mol. The minimum absolute atomic E-state index is 0.0560. The number of ether oxygens (including phenoxy) is 2. The molecule has 1 saturated heterocycles. The molecule has 2 rings (SSSR count). The summed E-state index contributed by atoms with van der Waals surface area (Å²) in [5.74, 6) is 0.650.